The molecule has 1 fully saturated rings. The van der Waals surface area contributed by atoms with Crippen LogP contribution in [-0.4, -0.2) is 20.6 Å². The highest BCUT2D eigenvalue weighted by Gasteiger charge is 2.39. The molecule has 0 aliphatic carbocycles. The van der Waals surface area contributed by atoms with E-state index in [0.29, 0.717) is 0 Å². The van der Waals surface area contributed by atoms with Gasteiger partial charge in [-0.3, -0.25) is 0 Å². The molecule has 1 aliphatic heterocycles. The van der Waals surface area contributed by atoms with Gasteiger partial charge in [-0.1, -0.05) is 43.5 Å². The highest BCUT2D eigenvalue weighted by molar-refractivity contribution is 8.18. The number of nitrogens with zero attached hydrogens (tertiary/aromatic N) is 2. The van der Waals surface area contributed by atoms with Gasteiger partial charge in [-0.15, -0.1) is 23.5 Å². The molecule has 2 unspecified atom stereocenters. The molecule has 24 heavy (non-hydrogen) atoms. The maximum atomic E-state index is 6.13. The zero-order chi connectivity index (χ0) is 16.8. The zero-order valence-corrected chi connectivity index (χ0v) is 16.5. The first kappa shape index (κ1) is 18.2. The summed E-state index contributed by atoms with van der Waals surface area (Å²) in [6, 6.07) is 8.51. The summed E-state index contributed by atoms with van der Waals surface area (Å²) in [5, 5.41) is 1.58. The van der Waals surface area contributed by atoms with Gasteiger partial charge in [-0.2, -0.15) is 0 Å². The van der Waals surface area contributed by atoms with Crippen LogP contribution in [0.4, 0.5) is 0 Å². The number of hydrogen-bond donors (Lipinski definition) is 0. The summed E-state index contributed by atoms with van der Waals surface area (Å²) in [7, 11) is 0. The van der Waals surface area contributed by atoms with Crippen LogP contribution in [0, 0.1) is 0 Å². The molecule has 1 saturated heterocycles. The number of halogens is 1. The molecule has 2 nitrogen and oxygen atoms in total. The van der Waals surface area contributed by atoms with E-state index in [9.17, 15) is 0 Å². The molecule has 0 spiro atoms. The fourth-order valence-corrected chi connectivity index (χ4v) is 7.19. The Hall–Kier alpha value is -0.580. The Labute approximate surface area is 158 Å². The van der Waals surface area contributed by atoms with Crippen molar-refractivity contribution in [2.45, 2.75) is 54.9 Å². The summed E-state index contributed by atoms with van der Waals surface area (Å²) >= 11 is 10.4. The lowest BCUT2D eigenvalue weighted by molar-refractivity contribution is 0.596. The molecular weight excluding hydrogens is 356 g/mol. The lowest BCUT2D eigenvalue weighted by Crippen LogP contribution is -2.29. The predicted octanol–water partition coefficient (Wildman–Crippen LogP) is 6.21. The molecule has 1 aromatic carbocycles. The number of aryl methyl sites for hydroxylation is 1. The monoisotopic (exact) mass is 380 g/mol. The fourth-order valence-electron chi connectivity index (χ4n) is 3.18. The van der Waals surface area contributed by atoms with E-state index >= 15 is 0 Å². The summed E-state index contributed by atoms with van der Waals surface area (Å²) in [5.41, 5.74) is 1.41. The van der Waals surface area contributed by atoms with E-state index in [2.05, 4.69) is 58.3 Å². The summed E-state index contributed by atoms with van der Waals surface area (Å²) in [5.74, 6) is 1.24. The minimum Gasteiger partial charge on any atom is -0.337 e. The molecule has 2 atom stereocenters. The Kier molecular flexibility index (Phi) is 6.59. The maximum Gasteiger partial charge on any atom is 0.0945 e. The van der Waals surface area contributed by atoms with Crippen molar-refractivity contribution in [2.75, 3.05) is 5.75 Å². The Morgan fingerprint density at radius 1 is 1.33 bits per heavy atom. The highest BCUT2D eigenvalue weighted by Crippen LogP contribution is 2.56. The van der Waals surface area contributed by atoms with Gasteiger partial charge < -0.3 is 4.57 Å². The van der Waals surface area contributed by atoms with Crippen LogP contribution in [0.2, 0.25) is 5.02 Å². The van der Waals surface area contributed by atoms with E-state index in [1.54, 1.807) is 0 Å². The third-order valence-electron chi connectivity index (χ3n) is 4.55. The lowest BCUT2D eigenvalue weighted by atomic mass is 10.1. The summed E-state index contributed by atoms with van der Waals surface area (Å²) in [4.78, 5) is 4.18. The molecule has 0 N–H and O–H groups in total. The average molecular weight is 381 g/mol. The second-order valence-corrected chi connectivity index (χ2v) is 10.0. The average Bonchev–Trinajstić information content (AvgIpc) is 3.13. The molecule has 3 rings (SSSR count). The Morgan fingerprint density at radius 2 is 2.17 bits per heavy atom. The normalized spacial score (nSPS) is 24.2. The molecule has 0 bridgehead atoms. The molecular formula is C19H25ClN2S2. The minimum atomic E-state index is 0.130. The van der Waals surface area contributed by atoms with Gasteiger partial charge in [0.1, 0.15) is 0 Å². The molecule has 130 valence electrons. The molecule has 2 aromatic rings. The number of rotatable bonds is 7. The van der Waals surface area contributed by atoms with E-state index in [1.807, 2.05) is 24.7 Å². The van der Waals surface area contributed by atoms with Crippen molar-refractivity contribution in [1.82, 2.24) is 9.55 Å². The van der Waals surface area contributed by atoms with Crippen molar-refractivity contribution in [3.8, 4) is 0 Å². The maximum absolute atomic E-state index is 6.13. The molecule has 0 amide bonds. The van der Waals surface area contributed by atoms with Crippen LogP contribution in [0.5, 0.6) is 0 Å². The van der Waals surface area contributed by atoms with Crippen LogP contribution < -0.4 is 0 Å². The largest absolute Gasteiger partial charge is 0.337 e. The lowest BCUT2D eigenvalue weighted by Gasteiger charge is -2.41. The van der Waals surface area contributed by atoms with Crippen LogP contribution in [-0.2, 0) is 10.6 Å². The predicted molar refractivity (Wildman–Crippen MR) is 108 cm³/mol. The van der Waals surface area contributed by atoms with Crippen LogP contribution in [0.25, 0.3) is 0 Å². The summed E-state index contributed by atoms with van der Waals surface area (Å²) in [6.45, 7) is 3.29. The van der Waals surface area contributed by atoms with Crippen LogP contribution in [0.1, 0.15) is 44.6 Å². The molecule has 1 aromatic heterocycles. The van der Waals surface area contributed by atoms with Crippen molar-refractivity contribution >= 4 is 35.1 Å². The fraction of sp³-hybridized carbons (Fsp3) is 0.526. The highest BCUT2D eigenvalue weighted by atomic mass is 35.5. The van der Waals surface area contributed by atoms with Gasteiger partial charge in [-0.25, -0.2) is 4.98 Å². The van der Waals surface area contributed by atoms with Gasteiger partial charge in [-0.05, 0) is 42.7 Å². The first-order valence-corrected chi connectivity index (χ1v) is 11.0. The topological polar surface area (TPSA) is 17.8 Å². The molecule has 5 heteroatoms. The summed E-state index contributed by atoms with van der Waals surface area (Å²) in [6.07, 6.45) is 12.2. The smallest absolute Gasteiger partial charge is 0.0945 e. The summed E-state index contributed by atoms with van der Waals surface area (Å²) < 4.78 is 2.32. The first-order chi connectivity index (χ1) is 11.7. The van der Waals surface area contributed by atoms with E-state index in [0.717, 1.165) is 23.2 Å². The Bertz CT molecular complexity index is 615. The quantitative estimate of drug-likeness (QED) is 0.568. The number of benzene rings is 1. The van der Waals surface area contributed by atoms with E-state index in [1.165, 1.54) is 37.0 Å². The van der Waals surface area contributed by atoms with E-state index in [-0.39, 0.29) is 4.08 Å². The van der Waals surface area contributed by atoms with Crippen molar-refractivity contribution in [3.05, 3.63) is 53.6 Å². The van der Waals surface area contributed by atoms with Crippen molar-refractivity contribution in [2.24, 2.45) is 0 Å². The minimum absolute atomic E-state index is 0.130. The number of thioether (sulfide) groups is 2. The van der Waals surface area contributed by atoms with E-state index in [4.69, 9.17) is 11.6 Å². The van der Waals surface area contributed by atoms with Crippen LogP contribution in [0.3, 0.4) is 0 Å². The molecule has 2 heterocycles. The van der Waals surface area contributed by atoms with E-state index < -0.39 is 0 Å². The first-order valence-electron chi connectivity index (χ1n) is 8.75. The van der Waals surface area contributed by atoms with Crippen molar-refractivity contribution in [1.29, 1.82) is 0 Å². The number of hydrogen-bond acceptors (Lipinski definition) is 3. The van der Waals surface area contributed by atoms with Gasteiger partial charge in [0.15, 0.2) is 0 Å². The van der Waals surface area contributed by atoms with Gasteiger partial charge >= 0.3 is 0 Å². The number of unbranched alkanes of at least 4 members (excludes halogenated alkanes) is 1. The zero-order valence-electron chi connectivity index (χ0n) is 14.2. The third kappa shape index (κ3) is 4.53. The van der Waals surface area contributed by atoms with Gasteiger partial charge in [0.25, 0.3) is 0 Å². The second-order valence-electron chi connectivity index (χ2n) is 6.33. The van der Waals surface area contributed by atoms with Crippen LogP contribution in [0.15, 0.2) is 43.0 Å². The molecule has 1 aliphatic rings. The van der Waals surface area contributed by atoms with Crippen molar-refractivity contribution < 1.29 is 0 Å². The number of aromatic nitrogens is 2. The van der Waals surface area contributed by atoms with Crippen LogP contribution >= 0.6 is 35.1 Å². The van der Waals surface area contributed by atoms with Gasteiger partial charge in [0, 0.05) is 29.2 Å². The Morgan fingerprint density at radius 3 is 2.88 bits per heavy atom. The number of imidazole rings is 1. The second kappa shape index (κ2) is 8.68. The molecule has 0 saturated carbocycles. The standard InChI is InChI=1S/C19H25ClN2S2/c1-2-3-4-18-9-14-23-19(24-18,10-12-22-13-11-21-15-22)16-5-7-17(20)8-6-16/h5-8,11,13,15,18H,2-4,9-10,12,14H2,1H3. The molecule has 0 radical (unpaired) electrons. The van der Waals surface area contributed by atoms with Crippen molar-refractivity contribution in [3.63, 3.8) is 0 Å². The third-order valence-corrected chi connectivity index (χ3v) is 8.42. The Balaban J connectivity index is 1.80. The SMILES string of the molecule is CCCCC1CCSC(CCn2ccnc2)(c2ccc(Cl)cc2)S1. The van der Waals surface area contributed by atoms with Gasteiger partial charge in [0.05, 0.1) is 10.4 Å². The van der Waals surface area contributed by atoms with Gasteiger partial charge in [0.2, 0.25) is 0 Å².